The van der Waals surface area contributed by atoms with Crippen LogP contribution in [0.15, 0.2) is 6.07 Å². The fourth-order valence-electron chi connectivity index (χ4n) is 3.89. The lowest BCUT2D eigenvalue weighted by molar-refractivity contribution is 0.652. The van der Waals surface area contributed by atoms with Crippen molar-refractivity contribution in [1.29, 1.82) is 0 Å². The minimum atomic E-state index is 1.22. The van der Waals surface area contributed by atoms with E-state index in [-0.39, 0.29) is 0 Å². The summed E-state index contributed by atoms with van der Waals surface area (Å²) in [6.45, 7) is 6.98. The van der Waals surface area contributed by atoms with Crippen LogP contribution >= 0.6 is 0 Å². The van der Waals surface area contributed by atoms with Gasteiger partial charge in [0, 0.05) is 0 Å². The zero-order valence-electron chi connectivity index (χ0n) is 13.9. The molecule has 0 aromatic heterocycles. The first-order chi connectivity index (χ1) is 9.81. The Labute approximate surface area is 126 Å². The Morgan fingerprint density at radius 3 is 2.20 bits per heavy atom. The Hall–Kier alpha value is -0.780. The molecule has 1 aliphatic carbocycles. The standard InChI is InChI=1S/C20H32/c1-4-7-8-9-12-17-15-16(5-2)19-13-10-11-14-20(19)18(17)6-3/h15H,4-14H2,1-3H3. The summed E-state index contributed by atoms with van der Waals surface area (Å²) in [7, 11) is 0. The van der Waals surface area contributed by atoms with Crippen LogP contribution in [0, 0.1) is 0 Å². The van der Waals surface area contributed by atoms with Crippen molar-refractivity contribution in [3.63, 3.8) is 0 Å². The highest BCUT2D eigenvalue weighted by molar-refractivity contribution is 5.47. The van der Waals surface area contributed by atoms with Crippen LogP contribution in [0.3, 0.4) is 0 Å². The van der Waals surface area contributed by atoms with Crippen LogP contribution in [-0.2, 0) is 32.1 Å². The molecule has 0 heterocycles. The van der Waals surface area contributed by atoms with Crippen LogP contribution in [0.1, 0.15) is 87.1 Å². The number of benzene rings is 1. The van der Waals surface area contributed by atoms with Gasteiger partial charge in [-0.1, -0.05) is 46.1 Å². The fraction of sp³-hybridized carbons (Fsp3) is 0.700. The van der Waals surface area contributed by atoms with E-state index in [9.17, 15) is 0 Å². The van der Waals surface area contributed by atoms with Gasteiger partial charge in [-0.3, -0.25) is 0 Å². The molecule has 0 radical (unpaired) electrons. The van der Waals surface area contributed by atoms with Crippen molar-refractivity contribution < 1.29 is 0 Å². The van der Waals surface area contributed by atoms with E-state index in [1.807, 2.05) is 0 Å². The monoisotopic (exact) mass is 272 g/mol. The maximum atomic E-state index is 2.56. The molecule has 2 rings (SSSR count). The number of hydrogen-bond acceptors (Lipinski definition) is 0. The summed E-state index contributed by atoms with van der Waals surface area (Å²) in [5.41, 5.74) is 8.54. The normalized spacial score (nSPS) is 14.3. The Morgan fingerprint density at radius 1 is 0.800 bits per heavy atom. The third-order valence-corrected chi connectivity index (χ3v) is 4.99. The second-order valence-corrected chi connectivity index (χ2v) is 6.36. The molecule has 0 unspecified atom stereocenters. The lowest BCUT2D eigenvalue weighted by Gasteiger charge is -2.25. The van der Waals surface area contributed by atoms with E-state index in [1.165, 1.54) is 70.6 Å². The van der Waals surface area contributed by atoms with Gasteiger partial charge in [-0.05, 0) is 79.2 Å². The fourth-order valence-corrected chi connectivity index (χ4v) is 3.89. The first kappa shape index (κ1) is 15.6. The summed E-state index contributed by atoms with van der Waals surface area (Å²) in [5, 5.41) is 0. The molecule has 0 atom stereocenters. The first-order valence-corrected chi connectivity index (χ1v) is 8.97. The molecule has 1 aliphatic rings. The lowest BCUT2D eigenvalue weighted by atomic mass is 9.80. The molecule has 0 nitrogen and oxygen atoms in total. The van der Waals surface area contributed by atoms with E-state index in [0.717, 1.165) is 0 Å². The number of aryl methyl sites for hydroxylation is 2. The number of rotatable bonds is 7. The number of hydrogen-bond donors (Lipinski definition) is 0. The maximum absolute atomic E-state index is 2.56. The molecular formula is C20H32. The lowest BCUT2D eigenvalue weighted by Crippen LogP contribution is -2.12. The third kappa shape index (κ3) is 3.45. The van der Waals surface area contributed by atoms with E-state index in [0.29, 0.717) is 0 Å². The van der Waals surface area contributed by atoms with Crippen molar-refractivity contribution in [2.45, 2.75) is 91.4 Å². The Kier molecular flexibility index (Phi) is 6.13. The van der Waals surface area contributed by atoms with E-state index in [2.05, 4.69) is 26.8 Å². The van der Waals surface area contributed by atoms with Crippen LogP contribution in [0.2, 0.25) is 0 Å². The molecule has 0 aliphatic heterocycles. The molecule has 0 saturated carbocycles. The average molecular weight is 272 g/mol. The van der Waals surface area contributed by atoms with Gasteiger partial charge in [-0.2, -0.15) is 0 Å². The Balaban J connectivity index is 2.25. The largest absolute Gasteiger partial charge is 0.0654 e. The van der Waals surface area contributed by atoms with E-state index < -0.39 is 0 Å². The molecule has 0 spiro atoms. The number of fused-ring (bicyclic) bond motifs is 1. The second kappa shape index (κ2) is 7.86. The van der Waals surface area contributed by atoms with E-state index in [4.69, 9.17) is 0 Å². The first-order valence-electron chi connectivity index (χ1n) is 8.97. The van der Waals surface area contributed by atoms with Crippen LogP contribution in [-0.4, -0.2) is 0 Å². The SMILES string of the molecule is CCCCCCc1cc(CC)c2c(c1CC)CCCC2. The van der Waals surface area contributed by atoms with E-state index >= 15 is 0 Å². The average Bonchev–Trinajstić information content (AvgIpc) is 2.50. The van der Waals surface area contributed by atoms with E-state index in [1.54, 1.807) is 27.8 Å². The molecule has 20 heavy (non-hydrogen) atoms. The highest BCUT2D eigenvalue weighted by Gasteiger charge is 2.18. The van der Waals surface area contributed by atoms with Gasteiger partial charge in [0.15, 0.2) is 0 Å². The van der Waals surface area contributed by atoms with Gasteiger partial charge < -0.3 is 0 Å². The molecule has 0 amide bonds. The van der Waals surface area contributed by atoms with Crippen molar-refractivity contribution >= 4 is 0 Å². The van der Waals surface area contributed by atoms with Crippen molar-refractivity contribution in [3.8, 4) is 0 Å². The summed E-state index contributed by atoms with van der Waals surface area (Å²) >= 11 is 0. The van der Waals surface area contributed by atoms with Crippen LogP contribution in [0.25, 0.3) is 0 Å². The van der Waals surface area contributed by atoms with Crippen LogP contribution < -0.4 is 0 Å². The van der Waals surface area contributed by atoms with Gasteiger partial charge in [0.25, 0.3) is 0 Å². The van der Waals surface area contributed by atoms with Gasteiger partial charge in [0.1, 0.15) is 0 Å². The Bertz CT molecular complexity index is 428. The second-order valence-electron chi connectivity index (χ2n) is 6.36. The molecule has 0 bridgehead atoms. The van der Waals surface area contributed by atoms with Crippen molar-refractivity contribution in [3.05, 3.63) is 33.9 Å². The minimum Gasteiger partial charge on any atom is -0.0654 e. The summed E-state index contributed by atoms with van der Waals surface area (Å²) in [6, 6.07) is 2.56. The molecule has 0 saturated heterocycles. The Morgan fingerprint density at radius 2 is 1.55 bits per heavy atom. The van der Waals surface area contributed by atoms with Gasteiger partial charge in [0.2, 0.25) is 0 Å². The molecule has 0 N–H and O–H groups in total. The predicted molar refractivity (Wildman–Crippen MR) is 89.7 cm³/mol. The van der Waals surface area contributed by atoms with Crippen molar-refractivity contribution in [2.24, 2.45) is 0 Å². The summed E-state index contributed by atoms with van der Waals surface area (Å²) in [6.07, 6.45) is 14.8. The highest BCUT2D eigenvalue weighted by atomic mass is 14.2. The molecule has 1 aromatic carbocycles. The van der Waals surface area contributed by atoms with Crippen molar-refractivity contribution in [1.82, 2.24) is 0 Å². The zero-order valence-corrected chi connectivity index (χ0v) is 13.9. The summed E-state index contributed by atoms with van der Waals surface area (Å²) in [4.78, 5) is 0. The predicted octanol–water partition coefficient (Wildman–Crippen LogP) is 5.81. The molecule has 1 aromatic rings. The molecule has 112 valence electrons. The minimum absolute atomic E-state index is 1.22. The third-order valence-electron chi connectivity index (χ3n) is 4.99. The summed E-state index contributed by atoms with van der Waals surface area (Å²) < 4.78 is 0. The maximum Gasteiger partial charge on any atom is -0.0273 e. The smallest absolute Gasteiger partial charge is 0.0273 e. The molecule has 0 fully saturated rings. The van der Waals surface area contributed by atoms with Crippen molar-refractivity contribution in [2.75, 3.05) is 0 Å². The topological polar surface area (TPSA) is 0 Å². The molecule has 0 heteroatoms. The summed E-state index contributed by atoms with van der Waals surface area (Å²) in [5.74, 6) is 0. The quantitative estimate of drug-likeness (QED) is 0.549. The van der Waals surface area contributed by atoms with Gasteiger partial charge in [-0.25, -0.2) is 0 Å². The van der Waals surface area contributed by atoms with Crippen LogP contribution in [0.5, 0.6) is 0 Å². The number of unbranched alkanes of at least 4 members (excludes halogenated alkanes) is 3. The van der Waals surface area contributed by atoms with Gasteiger partial charge in [0.05, 0.1) is 0 Å². The molecular weight excluding hydrogens is 240 g/mol. The van der Waals surface area contributed by atoms with Gasteiger partial charge in [-0.15, -0.1) is 0 Å². The van der Waals surface area contributed by atoms with Crippen LogP contribution in [0.4, 0.5) is 0 Å². The highest BCUT2D eigenvalue weighted by Crippen LogP contribution is 2.32. The van der Waals surface area contributed by atoms with Gasteiger partial charge >= 0.3 is 0 Å². The zero-order chi connectivity index (χ0) is 14.4.